The van der Waals surface area contributed by atoms with E-state index >= 15 is 0 Å². The molecule has 0 aliphatic carbocycles. The van der Waals surface area contributed by atoms with Crippen LogP contribution in [0.15, 0.2) is 41.8 Å². The fourth-order valence-electron chi connectivity index (χ4n) is 4.03. The summed E-state index contributed by atoms with van der Waals surface area (Å²) in [5.74, 6) is 0.222. The summed E-state index contributed by atoms with van der Waals surface area (Å²) in [5, 5.41) is 7.78. The lowest BCUT2D eigenvalue weighted by molar-refractivity contribution is -0.130. The van der Waals surface area contributed by atoms with E-state index in [4.69, 9.17) is 10.1 Å². The zero-order valence-corrected chi connectivity index (χ0v) is 19.4. The number of nitrogens with zero attached hydrogens (tertiary/aromatic N) is 5. The molecule has 3 aromatic heterocycles. The van der Waals surface area contributed by atoms with E-state index in [2.05, 4.69) is 36.1 Å². The predicted octanol–water partition coefficient (Wildman–Crippen LogP) is 4.44. The van der Waals surface area contributed by atoms with Crippen LogP contribution < -0.4 is 4.90 Å². The van der Waals surface area contributed by atoms with Crippen LogP contribution in [-0.2, 0) is 11.2 Å². The van der Waals surface area contributed by atoms with Crippen LogP contribution in [-0.4, -0.2) is 51.8 Å². The lowest BCUT2D eigenvalue weighted by Crippen LogP contribution is -2.36. The highest BCUT2D eigenvalue weighted by atomic mass is 32.1. The van der Waals surface area contributed by atoms with Gasteiger partial charge in [-0.25, -0.2) is 4.68 Å². The second-order valence-corrected chi connectivity index (χ2v) is 9.97. The van der Waals surface area contributed by atoms with Crippen molar-refractivity contribution in [3.8, 4) is 5.69 Å². The van der Waals surface area contributed by atoms with Gasteiger partial charge in [0.1, 0.15) is 0 Å². The van der Waals surface area contributed by atoms with E-state index in [1.807, 2.05) is 34.0 Å². The van der Waals surface area contributed by atoms with Crippen LogP contribution in [0.5, 0.6) is 0 Å². The summed E-state index contributed by atoms with van der Waals surface area (Å²) in [6.45, 7) is 7.40. The molecule has 0 radical (unpaired) electrons. The standard InChI is InChI=1S/C23H25N5OS2/c1-16-6-3-7-18(14-16)28-22-21(17(2)25-28)31-23(24-22)27-10-5-9-26(11-12-27)20(29)15-19-8-4-13-30-19/h3-4,6-8,13-14H,5,9-12,15H2,1-2H3. The molecule has 1 fully saturated rings. The first-order valence-electron chi connectivity index (χ1n) is 10.6. The van der Waals surface area contributed by atoms with Gasteiger partial charge in [-0.1, -0.05) is 29.5 Å². The van der Waals surface area contributed by atoms with Gasteiger partial charge >= 0.3 is 0 Å². The van der Waals surface area contributed by atoms with Gasteiger partial charge in [0.25, 0.3) is 0 Å². The maximum absolute atomic E-state index is 12.7. The molecule has 1 saturated heterocycles. The second-order valence-electron chi connectivity index (χ2n) is 7.96. The smallest absolute Gasteiger partial charge is 0.227 e. The minimum absolute atomic E-state index is 0.222. The largest absolute Gasteiger partial charge is 0.346 e. The summed E-state index contributed by atoms with van der Waals surface area (Å²) in [7, 11) is 0. The van der Waals surface area contributed by atoms with E-state index in [-0.39, 0.29) is 5.91 Å². The highest BCUT2D eigenvalue weighted by Crippen LogP contribution is 2.33. The SMILES string of the molecule is Cc1cccc(-n2nc(C)c3sc(N4CCCN(C(=O)Cc5cccs5)CC4)nc32)c1. The molecule has 1 aromatic carbocycles. The number of benzene rings is 1. The van der Waals surface area contributed by atoms with E-state index in [1.54, 1.807) is 22.7 Å². The summed E-state index contributed by atoms with van der Waals surface area (Å²) >= 11 is 3.35. The average Bonchev–Trinajstić information content (AvgIpc) is 3.43. The summed E-state index contributed by atoms with van der Waals surface area (Å²) in [4.78, 5) is 23.2. The molecule has 0 N–H and O–H groups in total. The van der Waals surface area contributed by atoms with Gasteiger partial charge in [-0.05, 0) is 49.4 Å². The fraction of sp³-hybridized carbons (Fsp3) is 0.348. The lowest BCUT2D eigenvalue weighted by atomic mass is 10.2. The van der Waals surface area contributed by atoms with E-state index in [0.717, 1.165) is 64.3 Å². The number of carbonyl (C=O) groups is 1. The average molecular weight is 452 g/mol. The highest BCUT2D eigenvalue weighted by molar-refractivity contribution is 7.22. The van der Waals surface area contributed by atoms with E-state index in [9.17, 15) is 4.79 Å². The van der Waals surface area contributed by atoms with Crippen molar-refractivity contribution >= 4 is 44.1 Å². The Morgan fingerprint density at radius 3 is 2.81 bits per heavy atom. The third-order valence-electron chi connectivity index (χ3n) is 5.65. The van der Waals surface area contributed by atoms with Gasteiger partial charge in [0.15, 0.2) is 10.8 Å². The van der Waals surface area contributed by atoms with Gasteiger partial charge in [0.2, 0.25) is 5.91 Å². The molecule has 5 rings (SSSR count). The van der Waals surface area contributed by atoms with Crippen molar-refractivity contribution in [3.05, 3.63) is 57.9 Å². The number of thiazole rings is 1. The Bertz CT molecular complexity index is 1210. The first kappa shape index (κ1) is 20.2. The minimum Gasteiger partial charge on any atom is -0.346 e. The topological polar surface area (TPSA) is 54.3 Å². The third-order valence-corrected chi connectivity index (χ3v) is 7.74. The number of hydrogen-bond acceptors (Lipinski definition) is 6. The van der Waals surface area contributed by atoms with Gasteiger partial charge in [0, 0.05) is 31.1 Å². The Kier molecular flexibility index (Phi) is 5.50. The maximum atomic E-state index is 12.7. The molecular formula is C23H25N5OS2. The highest BCUT2D eigenvalue weighted by Gasteiger charge is 2.23. The first-order chi connectivity index (χ1) is 15.1. The summed E-state index contributed by atoms with van der Waals surface area (Å²) < 4.78 is 3.08. The Labute approximate surface area is 189 Å². The monoisotopic (exact) mass is 451 g/mol. The van der Waals surface area contributed by atoms with Crippen LogP contribution in [0.25, 0.3) is 16.0 Å². The van der Waals surface area contributed by atoms with Crippen molar-refractivity contribution in [2.45, 2.75) is 26.7 Å². The number of aromatic nitrogens is 3. The fourth-order valence-corrected chi connectivity index (χ4v) is 5.76. The molecule has 160 valence electrons. The number of hydrogen-bond donors (Lipinski definition) is 0. The van der Waals surface area contributed by atoms with Crippen molar-refractivity contribution in [2.24, 2.45) is 0 Å². The lowest BCUT2D eigenvalue weighted by Gasteiger charge is -2.21. The van der Waals surface area contributed by atoms with Crippen LogP contribution in [0, 0.1) is 13.8 Å². The number of carbonyl (C=O) groups excluding carboxylic acids is 1. The Hall–Kier alpha value is -2.71. The molecule has 0 unspecified atom stereocenters. The molecule has 0 saturated carbocycles. The van der Waals surface area contributed by atoms with Gasteiger partial charge in [-0.2, -0.15) is 10.1 Å². The molecule has 1 amide bonds. The number of rotatable bonds is 4. The van der Waals surface area contributed by atoms with Crippen LogP contribution in [0.1, 0.15) is 22.6 Å². The number of anilines is 1. The van der Waals surface area contributed by atoms with Gasteiger partial charge < -0.3 is 9.80 Å². The van der Waals surface area contributed by atoms with Gasteiger partial charge in [-0.3, -0.25) is 4.79 Å². The van der Waals surface area contributed by atoms with Crippen LogP contribution in [0.3, 0.4) is 0 Å². The van der Waals surface area contributed by atoms with Gasteiger partial charge in [-0.15, -0.1) is 11.3 Å². The first-order valence-corrected chi connectivity index (χ1v) is 12.3. The zero-order valence-electron chi connectivity index (χ0n) is 17.7. The van der Waals surface area contributed by atoms with Crippen molar-refractivity contribution in [2.75, 3.05) is 31.1 Å². The summed E-state index contributed by atoms with van der Waals surface area (Å²) in [6, 6.07) is 12.4. The van der Waals surface area contributed by atoms with E-state index < -0.39 is 0 Å². The molecule has 6 nitrogen and oxygen atoms in total. The second kappa shape index (κ2) is 8.43. The number of fused-ring (bicyclic) bond motifs is 1. The number of thiophene rings is 1. The molecular weight excluding hydrogens is 426 g/mol. The molecule has 1 aliphatic heterocycles. The normalized spacial score (nSPS) is 14.9. The summed E-state index contributed by atoms with van der Waals surface area (Å²) in [5.41, 5.74) is 4.16. The minimum atomic E-state index is 0.222. The molecule has 1 aliphatic rings. The van der Waals surface area contributed by atoms with Crippen molar-refractivity contribution in [1.29, 1.82) is 0 Å². The third kappa shape index (κ3) is 4.09. The quantitative estimate of drug-likeness (QED) is 0.460. The van der Waals surface area contributed by atoms with E-state index in [0.29, 0.717) is 6.42 Å². The molecule has 4 aromatic rings. The summed E-state index contributed by atoms with van der Waals surface area (Å²) in [6.07, 6.45) is 1.46. The Balaban J connectivity index is 1.35. The molecule has 8 heteroatoms. The molecule has 0 atom stereocenters. The zero-order chi connectivity index (χ0) is 21.4. The van der Waals surface area contributed by atoms with Crippen molar-refractivity contribution in [1.82, 2.24) is 19.7 Å². The van der Waals surface area contributed by atoms with E-state index in [1.165, 1.54) is 5.56 Å². The molecule has 0 bridgehead atoms. The number of aryl methyl sites for hydroxylation is 2. The maximum Gasteiger partial charge on any atom is 0.227 e. The molecule has 4 heterocycles. The Morgan fingerprint density at radius 2 is 2.00 bits per heavy atom. The number of amides is 1. The Morgan fingerprint density at radius 1 is 1.10 bits per heavy atom. The predicted molar refractivity (Wildman–Crippen MR) is 128 cm³/mol. The van der Waals surface area contributed by atoms with Crippen molar-refractivity contribution in [3.63, 3.8) is 0 Å². The van der Waals surface area contributed by atoms with Gasteiger partial charge in [0.05, 0.1) is 22.5 Å². The molecule has 31 heavy (non-hydrogen) atoms. The van der Waals surface area contributed by atoms with Crippen LogP contribution in [0.4, 0.5) is 5.13 Å². The van der Waals surface area contributed by atoms with Crippen molar-refractivity contribution < 1.29 is 4.79 Å². The van der Waals surface area contributed by atoms with Crippen LogP contribution >= 0.6 is 22.7 Å². The molecule has 0 spiro atoms. The van der Waals surface area contributed by atoms with Crippen LogP contribution in [0.2, 0.25) is 0 Å².